The van der Waals surface area contributed by atoms with Crippen LogP contribution in [0.15, 0.2) is 176 Å². The van der Waals surface area contributed by atoms with Gasteiger partial charge >= 0.3 is 37.1 Å². The van der Waals surface area contributed by atoms with Gasteiger partial charge in [0.25, 0.3) is 0 Å². The molecule has 0 saturated carbocycles. The second kappa shape index (κ2) is 21.9. The Balaban J connectivity index is 1.29. The molecule has 0 bridgehead atoms. The van der Waals surface area contributed by atoms with Crippen molar-refractivity contribution < 1.29 is 79.0 Å². The van der Waals surface area contributed by atoms with Crippen LogP contribution in [0.25, 0.3) is 115 Å². The molecule has 0 aliphatic rings. The molecule has 0 radical (unpaired) electrons. The van der Waals surface area contributed by atoms with Gasteiger partial charge in [-0.2, -0.15) is 84.3 Å². The van der Waals surface area contributed by atoms with E-state index in [-0.39, 0.29) is 105 Å². The topological polar surface area (TPSA) is 38.0 Å². The number of nitriles is 1. The Labute approximate surface area is 514 Å². The summed E-state index contributed by atoms with van der Waals surface area (Å²) in [5.74, 6) is 0. The quantitative estimate of drug-likeness (QED) is 0.116. The Kier molecular flexibility index (Phi) is 14.7. The van der Waals surface area contributed by atoms with E-state index >= 15 is 52.7 Å². The number of hydrogen-bond acceptors (Lipinski definition) is 1. The Morgan fingerprint density at radius 2 is 0.742 bits per heavy atom. The van der Waals surface area contributed by atoms with Crippen LogP contribution >= 0.6 is 0 Å². The van der Waals surface area contributed by atoms with E-state index in [9.17, 15) is 31.6 Å². The standard InChI is InChI=1S/C71H38F18N4/c1-35-8-16-45(55(26-35)69(81,82)83)39-11-19-48-49-20-12-40(47-23-15-43(67(75,76)77)33-57(47)71(87,88)89)31-61(49)92(60(48)30-39)59-25-24-52(64-54(68(78,79)80)6-5-7-58(64)91-4)65(53(59)34-90)93-62-29-38(44-22-14-42(28-37(44)3)66(72,73)74)10-18-50(62)51-21-13-41(32-63(51)93)46-17-9-36(2)27-56(46)70(84,85)86/h5-33H,1-3H3. The van der Waals surface area contributed by atoms with Crippen molar-refractivity contribution in [2.24, 2.45) is 0 Å². The number of nitrogens with zero attached hydrogens (tertiary/aromatic N) is 4. The summed E-state index contributed by atoms with van der Waals surface area (Å²) >= 11 is 0. The van der Waals surface area contributed by atoms with Crippen LogP contribution in [0.1, 0.15) is 55.6 Å². The van der Waals surface area contributed by atoms with Gasteiger partial charge in [0, 0.05) is 27.1 Å². The molecule has 0 fully saturated rings. The molecule has 12 rings (SSSR count). The number of halogens is 18. The number of aryl methyl sites for hydroxylation is 3. The van der Waals surface area contributed by atoms with Crippen molar-refractivity contribution in [3.63, 3.8) is 0 Å². The van der Waals surface area contributed by atoms with Crippen molar-refractivity contribution in [1.82, 2.24) is 9.13 Å². The van der Waals surface area contributed by atoms with Gasteiger partial charge in [-0.25, -0.2) is 4.85 Å². The summed E-state index contributed by atoms with van der Waals surface area (Å²) in [7, 11) is 0. The average molecular weight is 1290 g/mol. The van der Waals surface area contributed by atoms with Crippen LogP contribution in [0, 0.1) is 38.7 Å². The number of aromatic nitrogens is 2. The third kappa shape index (κ3) is 11.0. The molecule has 2 aromatic heterocycles. The summed E-state index contributed by atoms with van der Waals surface area (Å²) in [6.07, 6.45) is -30.7. The molecule has 93 heavy (non-hydrogen) atoms. The predicted octanol–water partition coefficient (Wildman–Crippen LogP) is 23.7. The molecule has 0 aliphatic carbocycles. The number of rotatable bonds is 7. The normalized spacial score (nSPS) is 12.8. The van der Waals surface area contributed by atoms with Gasteiger partial charge in [0.2, 0.25) is 0 Å². The molecule has 0 aliphatic heterocycles. The minimum Gasteiger partial charge on any atom is -0.308 e. The molecule has 468 valence electrons. The van der Waals surface area contributed by atoms with Crippen molar-refractivity contribution in [1.29, 1.82) is 5.26 Å². The number of benzene rings is 10. The third-order valence-electron chi connectivity index (χ3n) is 16.4. The molecule has 0 atom stereocenters. The van der Waals surface area contributed by atoms with Gasteiger partial charge in [-0.05, 0) is 143 Å². The van der Waals surface area contributed by atoms with Gasteiger partial charge in [0.15, 0.2) is 5.69 Å². The van der Waals surface area contributed by atoms with Crippen molar-refractivity contribution in [3.05, 3.63) is 243 Å². The summed E-state index contributed by atoms with van der Waals surface area (Å²) in [5, 5.41) is 12.7. The molecular weight excluding hydrogens is 1250 g/mol. The van der Waals surface area contributed by atoms with Crippen molar-refractivity contribution in [2.75, 3.05) is 0 Å². The SMILES string of the molecule is [C-]#[N+]c1cccc(C(F)(F)F)c1-c1ccc(-n2c3cc(-c4ccc(C)cc4C(F)(F)F)ccc3c3ccc(-c4ccc(C(F)(F)F)cc4C(F)(F)F)cc32)c(C#N)c1-n1c2cc(-c3ccc(C(F)(F)F)cc3C)ccc2c2ccc(-c3ccc(C)cc3C(F)(F)F)cc21. The monoisotopic (exact) mass is 1290 g/mol. The predicted molar refractivity (Wildman–Crippen MR) is 318 cm³/mol. The molecule has 2 heterocycles. The van der Waals surface area contributed by atoms with Crippen molar-refractivity contribution in [2.45, 2.75) is 57.8 Å². The third-order valence-corrected chi connectivity index (χ3v) is 16.4. The zero-order chi connectivity index (χ0) is 67.0. The highest BCUT2D eigenvalue weighted by atomic mass is 19.4. The van der Waals surface area contributed by atoms with Gasteiger partial charge < -0.3 is 9.13 Å². The van der Waals surface area contributed by atoms with Gasteiger partial charge in [-0.15, -0.1) is 0 Å². The fourth-order valence-corrected chi connectivity index (χ4v) is 12.3. The zero-order valence-electron chi connectivity index (χ0n) is 47.8. The lowest BCUT2D eigenvalue weighted by molar-refractivity contribution is -0.143. The molecule has 10 aromatic carbocycles. The lowest BCUT2D eigenvalue weighted by Crippen LogP contribution is -2.12. The van der Waals surface area contributed by atoms with E-state index in [1.807, 2.05) is 0 Å². The van der Waals surface area contributed by atoms with Crippen LogP contribution in [0.4, 0.5) is 84.7 Å². The molecular formula is C71H38F18N4. The molecule has 12 aromatic rings. The van der Waals surface area contributed by atoms with Gasteiger partial charge in [0.05, 0.1) is 73.4 Å². The van der Waals surface area contributed by atoms with E-state index in [1.165, 1.54) is 115 Å². The first-order valence-corrected chi connectivity index (χ1v) is 27.7. The molecule has 4 nitrogen and oxygen atoms in total. The molecule has 0 amide bonds. The maximum absolute atomic E-state index is 15.8. The van der Waals surface area contributed by atoms with Crippen LogP contribution in [0.3, 0.4) is 0 Å². The van der Waals surface area contributed by atoms with Crippen LogP contribution in [0.5, 0.6) is 0 Å². The first-order valence-electron chi connectivity index (χ1n) is 27.7. The second-order valence-corrected chi connectivity index (χ2v) is 22.3. The van der Waals surface area contributed by atoms with E-state index in [1.54, 1.807) is 0 Å². The fourth-order valence-electron chi connectivity index (χ4n) is 12.3. The minimum atomic E-state index is -5.44. The molecule has 0 N–H and O–H groups in total. The second-order valence-electron chi connectivity index (χ2n) is 22.3. The average Bonchev–Trinajstić information content (AvgIpc) is 1.59. The van der Waals surface area contributed by atoms with Crippen LogP contribution in [-0.4, -0.2) is 9.13 Å². The fraction of sp³-hybridized carbons (Fsp3) is 0.127. The number of alkyl halides is 18. The summed E-state index contributed by atoms with van der Waals surface area (Å²) in [6, 6.07) is 33.4. The van der Waals surface area contributed by atoms with Gasteiger partial charge in [-0.1, -0.05) is 120 Å². The lowest BCUT2D eigenvalue weighted by atomic mass is 9.92. The van der Waals surface area contributed by atoms with E-state index in [0.717, 1.165) is 66.7 Å². The summed E-state index contributed by atoms with van der Waals surface area (Å²) in [5.41, 5.74) is -13.5. The highest BCUT2D eigenvalue weighted by molar-refractivity contribution is 6.14. The first kappa shape index (κ1) is 62.7. The van der Waals surface area contributed by atoms with Crippen LogP contribution in [-0.2, 0) is 37.1 Å². The molecule has 0 saturated heterocycles. The lowest BCUT2D eigenvalue weighted by Gasteiger charge is -2.23. The Morgan fingerprint density at radius 1 is 0.366 bits per heavy atom. The van der Waals surface area contributed by atoms with E-state index in [0.29, 0.717) is 18.2 Å². The van der Waals surface area contributed by atoms with E-state index in [4.69, 9.17) is 6.57 Å². The van der Waals surface area contributed by atoms with Crippen LogP contribution < -0.4 is 0 Å². The largest absolute Gasteiger partial charge is 0.417 e. The van der Waals surface area contributed by atoms with Crippen molar-refractivity contribution >= 4 is 49.3 Å². The maximum Gasteiger partial charge on any atom is 0.417 e. The zero-order valence-corrected chi connectivity index (χ0v) is 47.8. The van der Waals surface area contributed by atoms with Gasteiger partial charge in [-0.3, -0.25) is 0 Å². The Morgan fingerprint density at radius 3 is 1.14 bits per heavy atom. The molecule has 22 heteroatoms. The summed E-state index contributed by atoms with van der Waals surface area (Å²) in [6.45, 7) is 12.5. The summed E-state index contributed by atoms with van der Waals surface area (Å²) < 4.78 is 270. The number of fused-ring (bicyclic) bond motifs is 6. The number of hydrogen-bond donors (Lipinski definition) is 0. The first-order chi connectivity index (χ1) is 43.6. The van der Waals surface area contributed by atoms with Gasteiger partial charge in [0.1, 0.15) is 11.6 Å². The molecule has 0 spiro atoms. The van der Waals surface area contributed by atoms with E-state index in [2.05, 4.69) is 10.9 Å². The highest BCUT2D eigenvalue weighted by Gasteiger charge is 2.41. The van der Waals surface area contributed by atoms with E-state index < -0.39 is 110 Å². The van der Waals surface area contributed by atoms with Crippen LogP contribution in [0.2, 0.25) is 0 Å². The summed E-state index contributed by atoms with van der Waals surface area (Å²) in [4.78, 5) is 3.45. The minimum absolute atomic E-state index is 0.0459. The maximum atomic E-state index is 15.8. The highest BCUT2D eigenvalue weighted by Crippen LogP contribution is 2.51. The molecule has 0 unspecified atom stereocenters. The Bertz CT molecular complexity index is 5190. The van der Waals surface area contributed by atoms with Crippen molar-refractivity contribution in [3.8, 4) is 73.1 Å². The smallest absolute Gasteiger partial charge is 0.308 e. The Hall–Kier alpha value is -10.5.